The zero-order chi connectivity index (χ0) is 10.0. The normalized spacial score (nSPS) is 9.69. The van der Waals surface area contributed by atoms with Crippen LogP contribution in [0.4, 0.5) is 5.69 Å². The standard InChI is InChI=1S/C8H8INO3/c1-13-8(12)4-2-5(9)7(10)6(11)3-4/h2-3,11H,10H2,1H3. The van der Waals surface area contributed by atoms with Gasteiger partial charge in [0.2, 0.25) is 0 Å². The quantitative estimate of drug-likeness (QED) is 0.355. The fourth-order valence-electron chi connectivity index (χ4n) is 0.839. The van der Waals surface area contributed by atoms with Gasteiger partial charge in [-0.05, 0) is 34.7 Å². The largest absolute Gasteiger partial charge is 0.506 e. The number of nitrogen functional groups attached to an aromatic ring is 1. The van der Waals surface area contributed by atoms with Crippen molar-refractivity contribution >= 4 is 34.2 Å². The lowest BCUT2D eigenvalue weighted by Gasteiger charge is -2.04. The zero-order valence-electron chi connectivity index (χ0n) is 6.87. The molecule has 1 aromatic rings. The molecule has 0 aliphatic heterocycles. The van der Waals surface area contributed by atoms with Gasteiger partial charge in [0.05, 0.1) is 18.4 Å². The predicted molar refractivity (Wildman–Crippen MR) is 56.6 cm³/mol. The van der Waals surface area contributed by atoms with Crippen molar-refractivity contribution in [3.05, 3.63) is 21.3 Å². The average molecular weight is 293 g/mol. The SMILES string of the molecule is COC(=O)c1cc(O)c(N)c(I)c1. The van der Waals surface area contributed by atoms with Crippen LogP contribution in [0.1, 0.15) is 10.4 Å². The summed E-state index contributed by atoms with van der Waals surface area (Å²) in [6.45, 7) is 0. The van der Waals surface area contributed by atoms with E-state index >= 15 is 0 Å². The molecule has 0 amide bonds. The summed E-state index contributed by atoms with van der Waals surface area (Å²) in [4.78, 5) is 11.1. The first-order valence-electron chi connectivity index (χ1n) is 3.42. The lowest BCUT2D eigenvalue weighted by Crippen LogP contribution is -2.02. The molecule has 0 aromatic heterocycles. The van der Waals surface area contributed by atoms with Crippen LogP contribution in [0.15, 0.2) is 12.1 Å². The average Bonchev–Trinajstić information content (AvgIpc) is 2.12. The molecule has 0 radical (unpaired) electrons. The van der Waals surface area contributed by atoms with Crippen molar-refractivity contribution in [1.82, 2.24) is 0 Å². The lowest BCUT2D eigenvalue weighted by molar-refractivity contribution is 0.0600. The Labute approximate surface area is 88.8 Å². The van der Waals surface area contributed by atoms with Gasteiger partial charge >= 0.3 is 5.97 Å². The second-order valence-electron chi connectivity index (χ2n) is 2.38. The number of hydrogen-bond acceptors (Lipinski definition) is 4. The number of methoxy groups -OCH3 is 1. The molecule has 0 unspecified atom stereocenters. The van der Waals surface area contributed by atoms with E-state index in [9.17, 15) is 9.90 Å². The van der Waals surface area contributed by atoms with Crippen LogP contribution in [0.3, 0.4) is 0 Å². The Balaban J connectivity index is 3.20. The highest BCUT2D eigenvalue weighted by atomic mass is 127. The van der Waals surface area contributed by atoms with E-state index in [1.165, 1.54) is 13.2 Å². The Morgan fingerprint density at radius 3 is 2.69 bits per heavy atom. The molecule has 0 fully saturated rings. The summed E-state index contributed by atoms with van der Waals surface area (Å²) in [6.07, 6.45) is 0. The van der Waals surface area contributed by atoms with Gasteiger partial charge in [-0.2, -0.15) is 0 Å². The number of rotatable bonds is 1. The summed E-state index contributed by atoms with van der Waals surface area (Å²) < 4.78 is 5.12. The molecule has 3 N–H and O–H groups in total. The summed E-state index contributed by atoms with van der Waals surface area (Å²) in [5, 5.41) is 9.29. The van der Waals surface area contributed by atoms with Crippen LogP contribution >= 0.6 is 22.6 Å². The monoisotopic (exact) mass is 293 g/mol. The van der Waals surface area contributed by atoms with Crippen LogP contribution in [0.5, 0.6) is 5.75 Å². The minimum absolute atomic E-state index is 0.104. The molecule has 0 aliphatic rings. The van der Waals surface area contributed by atoms with Crippen LogP contribution < -0.4 is 5.73 Å². The van der Waals surface area contributed by atoms with Crippen molar-refractivity contribution in [3.63, 3.8) is 0 Å². The van der Waals surface area contributed by atoms with Crippen molar-refractivity contribution in [3.8, 4) is 5.75 Å². The van der Waals surface area contributed by atoms with E-state index in [2.05, 4.69) is 4.74 Å². The molecule has 1 rings (SSSR count). The predicted octanol–water partition coefficient (Wildman–Crippen LogP) is 1.37. The van der Waals surface area contributed by atoms with Gasteiger partial charge in [0, 0.05) is 3.57 Å². The number of halogens is 1. The Hall–Kier alpha value is -0.980. The first kappa shape index (κ1) is 10.1. The van der Waals surface area contributed by atoms with Crippen LogP contribution in [0.25, 0.3) is 0 Å². The van der Waals surface area contributed by atoms with Crippen molar-refractivity contribution in [2.75, 3.05) is 12.8 Å². The second-order valence-corrected chi connectivity index (χ2v) is 3.54. The first-order chi connectivity index (χ1) is 6.06. The number of carbonyl (C=O) groups is 1. The van der Waals surface area contributed by atoms with Gasteiger partial charge < -0.3 is 15.6 Å². The lowest BCUT2D eigenvalue weighted by atomic mass is 10.2. The molecule has 0 heterocycles. The fraction of sp³-hybridized carbons (Fsp3) is 0.125. The fourth-order valence-corrected chi connectivity index (χ4v) is 1.45. The van der Waals surface area contributed by atoms with E-state index in [1.807, 2.05) is 22.6 Å². The molecule has 0 atom stereocenters. The maximum atomic E-state index is 11.1. The molecule has 4 nitrogen and oxygen atoms in total. The smallest absolute Gasteiger partial charge is 0.338 e. The third-order valence-electron chi connectivity index (χ3n) is 1.53. The minimum Gasteiger partial charge on any atom is -0.506 e. The van der Waals surface area contributed by atoms with E-state index < -0.39 is 5.97 Å². The van der Waals surface area contributed by atoms with Crippen molar-refractivity contribution < 1.29 is 14.6 Å². The Morgan fingerprint density at radius 1 is 1.62 bits per heavy atom. The van der Waals surface area contributed by atoms with Crippen LogP contribution in [0, 0.1) is 3.57 Å². The molecule has 1 aromatic carbocycles. The van der Waals surface area contributed by atoms with Gasteiger partial charge in [-0.1, -0.05) is 0 Å². The molecule has 5 heteroatoms. The summed E-state index contributed by atoms with van der Waals surface area (Å²) in [7, 11) is 1.28. The van der Waals surface area contributed by atoms with Crippen molar-refractivity contribution in [2.24, 2.45) is 0 Å². The van der Waals surface area contributed by atoms with E-state index in [4.69, 9.17) is 5.73 Å². The molecule has 13 heavy (non-hydrogen) atoms. The molecular weight excluding hydrogens is 285 g/mol. The van der Waals surface area contributed by atoms with E-state index in [0.29, 0.717) is 9.13 Å². The second kappa shape index (κ2) is 3.82. The van der Waals surface area contributed by atoms with Gasteiger partial charge in [0.1, 0.15) is 5.75 Å². The van der Waals surface area contributed by atoms with Gasteiger partial charge in [0.25, 0.3) is 0 Å². The van der Waals surface area contributed by atoms with E-state index in [1.54, 1.807) is 6.07 Å². The van der Waals surface area contributed by atoms with Crippen LogP contribution in [-0.4, -0.2) is 18.2 Å². The Kier molecular flexibility index (Phi) is 2.97. The Morgan fingerprint density at radius 2 is 2.23 bits per heavy atom. The van der Waals surface area contributed by atoms with Crippen LogP contribution in [-0.2, 0) is 4.74 Å². The van der Waals surface area contributed by atoms with Gasteiger partial charge in [-0.25, -0.2) is 4.79 Å². The summed E-state index contributed by atoms with van der Waals surface area (Å²) in [5.74, 6) is -0.597. The minimum atomic E-state index is -0.492. The van der Waals surface area contributed by atoms with Gasteiger partial charge in [-0.3, -0.25) is 0 Å². The summed E-state index contributed by atoms with van der Waals surface area (Å²) >= 11 is 1.93. The zero-order valence-corrected chi connectivity index (χ0v) is 9.03. The highest BCUT2D eigenvalue weighted by Gasteiger charge is 2.10. The molecular formula is C8H8INO3. The number of ether oxygens (including phenoxy) is 1. The highest BCUT2D eigenvalue weighted by Crippen LogP contribution is 2.27. The third kappa shape index (κ3) is 2.03. The van der Waals surface area contributed by atoms with E-state index in [-0.39, 0.29) is 11.4 Å². The van der Waals surface area contributed by atoms with Gasteiger partial charge in [-0.15, -0.1) is 0 Å². The van der Waals surface area contributed by atoms with Crippen molar-refractivity contribution in [1.29, 1.82) is 0 Å². The van der Waals surface area contributed by atoms with Gasteiger partial charge in [0.15, 0.2) is 0 Å². The van der Waals surface area contributed by atoms with E-state index in [0.717, 1.165) is 0 Å². The first-order valence-corrected chi connectivity index (χ1v) is 4.50. The highest BCUT2D eigenvalue weighted by molar-refractivity contribution is 14.1. The molecule has 0 spiro atoms. The van der Waals surface area contributed by atoms with Crippen molar-refractivity contribution in [2.45, 2.75) is 0 Å². The molecule has 70 valence electrons. The number of esters is 1. The summed E-state index contributed by atoms with van der Waals surface area (Å²) in [6, 6.07) is 2.84. The number of hydrogen-bond donors (Lipinski definition) is 2. The number of phenolic OH excluding ortho intramolecular Hbond substituents is 1. The summed E-state index contributed by atoms with van der Waals surface area (Å²) in [5.41, 5.74) is 6.04. The molecule has 0 saturated carbocycles. The number of benzene rings is 1. The third-order valence-corrected chi connectivity index (χ3v) is 2.42. The maximum Gasteiger partial charge on any atom is 0.338 e. The number of nitrogens with two attached hydrogens (primary N) is 1. The molecule has 0 bridgehead atoms. The maximum absolute atomic E-state index is 11.1. The number of carbonyl (C=O) groups excluding carboxylic acids is 1. The topological polar surface area (TPSA) is 72.5 Å². The number of aromatic hydroxyl groups is 1. The molecule has 0 saturated heterocycles. The number of anilines is 1. The molecule has 0 aliphatic carbocycles. The number of phenols is 1. The Bertz CT molecular complexity index is 328. The van der Waals surface area contributed by atoms with Crippen LogP contribution in [0.2, 0.25) is 0 Å².